The Morgan fingerprint density at radius 2 is 1.55 bits per heavy atom. The number of nitrogens with zero attached hydrogens (tertiary/aromatic N) is 2. The lowest BCUT2D eigenvalue weighted by molar-refractivity contribution is 0.0709. The molecule has 0 radical (unpaired) electrons. The summed E-state index contributed by atoms with van der Waals surface area (Å²) in [5, 5.41) is 6.29. The Morgan fingerprint density at radius 1 is 0.818 bits per heavy atom. The van der Waals surface area contributed by atoms with Crippen molar-refractivity contribution in [2.75, 3.05) is 28.4 Å². The summed E-state index contributed by atoms with van der Waals surface area (Å²) in [6, 6.07) is 20.0. The van der Waals surface area contributed by atoms with E-state index < -0.39 is 0 Å². The molecule has 0 fully saturated rings. The highest BCUT2D eigenvalue weighted by atomic mass is 16.5. The zero-order valence-electron chi connectivity index (χ0n) is 19.1. The van der Waals surface area contributed by atoms with E-state index in [2.05, 4.69) is 0 Å². The van der Waals surface area contributed by atoms with Crippen LogP contribution in [0.1, 0.15) is 33.9 Å². The summed E-state index contributed by atoms with van der Waals surface area (Å²) in [6.45, 7) is 0. The molecule has 7 nitrogen and oxygen atoms in total. The Labute approximate surface area is 193 Å². The van der Waals surface area contributed by atoms with Crippen LogP contribution >= 0.6 is 0 Å². The molecular formula is C26H26N2O5. The minimum Gasteiger partial charge on any atom is -0.493 e. The fourth-order valence-electron chi connectivity index (χ4n) is 4.02. The van der Waals surface area contributed by atoms with Gasteiger partial charge in [-0.15, -0.1) is 0 Å². The number of ether oxygens (including phenoxy) is 4. The van der Waals surface area contributed by atoms with Crippen LogP contribution in [-0.4, -0.2) is 45.1 Å². The molecule has 3 aromatic carbocycles. The molecule has 0 bridgehead atoms. The summed E-state index contributed by atoms with van der Waals surface area (Å²) in [6.07, 6.45) is 0.498. The summed E-state index contributed by atoms with van der Waals surface area (Å²) in [5.74, 6) is 2.21. The van der Waals surface area contributed by atoms with Crippen LogP contribution in [-0.2, 0) is 0 Å². The number of hydrogen-bond donors (Lipinski definition) is 0. The highest BCUT2D eigenvalue weighted by Crippen LogP contribution is 2.42. The molecule has 4 rings (SSSR count). The van der Waals surface area contributed by atoms with Crippen molar-refractivity contribution in [1.82, 2.24) is 5.01 Å². The summed E-state index contributed by atoms with van der Waals surface area (Å²) in [5.41, 5.74) is 2.99. The van der Waals surface area contributed by atoms with Gasteiger partial charge in [-0.3, -0.25) is 4.79 Å². The van der Waals surface area contributed by atoms with E-state index in [-0.39, 0.29) is 11.9 Å². The summed E-state index contributed by atoms with van der Waals surface area (Å²) >= 11 is 0. The third-order valence-corrected chi connectivity index (χ3v) is 5.65. The number of hydrazone groups is 1. The average molecular weight is 447 g/mol. The number of hydrogen-bond acceptors (Lipinski definition) is 6. The van der Waals surface area contributed by atoms with Crippen molar-refractivity contribution in [3.05, 3.63) is 83.4 Å². The van der Waals surface area contributed by atoms with Gasteiger partial charge in [-0.05, 0) is 36.4 Å². The number of carbonyl (C=O) groups excluding carboxylic acids is 1. The fraction of sp³-hybridized carbons (Fsp3) is 0.231. The maximum absolute atomic E-state index is 13.5. The molecule has 0 saturated heterocycles. The van der Waals surface area contributed by atoms with Crippen LogP contribution in [0, 0.1) is 0 Å². The SMILES string of the molecule is COc1ccc(C2=NN(C(=O)c3ccccc3)C(c3cccc(OC)c3OC)C2)cc1OC. The second-order valence-electron chi connectivity index (χ2n) is 7.43. The first kappa shape index (κ1) is 22.2. The fourth-order valence-corrected chi connectivity index (χ4v) is 4.02. The predicted octanol–water partition coefficient (Wildman–Crippen LogP) is 4.71. The van der Waals surface area contributed by atoms with Gasteiger partial charge in [-0.2, -0.15) is 5.10 Å². The number of methoxy groups -OCH3 is 4. The minimum absolute atomic E-state index is 0.194. The van der Waals surface area contributed by atoms with E-state index in [0.29, 0.717) is 35.0 Å². The van der Waals surface area contributed by atoms with Crippen molar-refractivity contribution in [2.45, 2.75) is 12.5 Å². The lowest BCUT2D eigenvalue weighted by Crippen LogP contribution is -2.27. The molecule has 33 heavy (non-hydrogen) atoms. The van der Waals surface area contributed by atoms with Crippen molar-refractivity contribution in [1.29, 1.82) is 0 Å². The number of carbonyl (C=O) groups is 1. The van der Waals surface area contributed by atoms with Crippen LogP contribution in [0.5, 0.6) is 23.0 Å². The van der Waals surface area contributed by atoms with Gasteiger partial charge in [-0.25, -0.2) is 5.01 Å². The van der Waals surface area contributed by atoms with Crippen LogP contribution in [0.2, 0.25) is 0 Å². The van der Waals surface area contributed by atoms with E-state index in [1.165, 1.54) is 5.01 Å². The van der Waals surface area contributed by atoms with Crippen molar-refractivity contribution in [2.24, 2.45) is 5.10 Å². The van der Waals surface area contributed by atoms with Crippen LogP contribution in [0.4, 0.5) is 0 Å². The molecule has 1 aliphatic rings. The van der Waals surface area contributed by atoms with Gasteiger partial charge in [0.1, 0.15) is 0 Å². The Morgan fingerprint density at radius 3 is 2.21 bits per heavy atom. The molecule has 0 aromatic heterocycles. The lowest BCUT2D eigenvalue weighted by Gasteiger charge is -2.24. The molecule has 1 amide bonds. The molecule has 3 aromatic rings. The molecule has 170 valence electrons. The Bertz CT molecular complexity index is 1180. The van der Waals surface area contributed by atoms with Gasteiger partial charge in [0.2, 0.25) is 0 Å². The molecule has 0 saturated carbocycles. The highest BCUT2D eigenvalue weighted by Gasteiger charge is 2.36. The number of rotatable bonds is 7. The van der Waals surface area contributed by atoms with Gasteiger partial charge < -0.3 is 18.9 Å². The highest BCUT2D eigenvalue weighted by molar-refractivity contribution is 6.05. The first-order chi connectivity index (χ1) is 16.1. The Hall–Kier alpha value is -4.00. The van der Waals surface area contributed by atoms with Crippen LogP contribution < -0.4 is 18.9 Å². The zero-order chi connectivity index (χ0) is 23.4. The van der Waals surface area contributed by atoms with Gasteiger partial charge in [-0.1, -0.05) is 30.3 Å². The molecular weight excluding hydrogens is 420 g/mol. The predicted molar refractivity (Wildman–Crippen MR) is 126 cm³/mol. The Kier molecular flexibility index (Phi) is 6.49. The first-order valence-electron chi connectivity index (χ1n) is 10.5. The summed E-state index contributed by atoms with van der Waals surface area (Å²) < 4.78 is 22.0. The van der Waals surface area contributed by atoms with Gasteiger partial charge in [0.15, 0.2) is 23.0 Å². The van der Waals surface area contributed by atoms with E-state index in [0.717, 1.165) is 16.8 Å². The lowest BCUT2D eigenvalue weighted by atomic mass is 9.96. The van der Waals surface area contributed by atoms with Crippen LogP contribution in [0.15, 0.2) is 71.8 Å². The van der Waals surface area contributed by atoms with Gasteiger partial charge >= 0.3 is 0 Å². The maximum atomic E-state index is 13.5. The average Bonchev–Trinajstić information content (AvgIpc) is 3.33. The van der Waals surface area contributed by atoms with Crippen LogP contribution in [0.3, 0.4) is 0 Å². The molecule has 1 atom stereocenters. The van der Waals surface area contributed by atoms with Crippen molar-refractivity contribution in [3.8, 4) is 23.0 Å². The van der Waals surface area contributed by atoms with Crippen molar-refractivity contribution < 1.29 is 23.7 Å². The quantitative estimate of drug-likeness (QED) is 0.526. The van der Waals surface area contributed by atoms with Crippen molar-refractivity contribution >= 4 is 11.6 Å². The molecule has 7 heteroatoms. The van der Waals surface area contributed by atoms with E-state index >= 15 is 0 Å². The van der Waals surface area contributed by atoms with Gasteiger partial charge in [0.25, 0.3) is 5.91 Å². The molecule has 1 heterocycles. The third-order valence-electron chi connectivity index (χ3n) is 5.65. The Balaban J connectivity index is 1.80. The topological polar surface area (TPSA) is 69.6 Å². The number of para-hydroxylation sites is 1. The summed E-state index contributed by atoms with van der Waals surface area (Å²) in [4.78, 5) is 13.5. The second-order valence-corrected chi connectivity index (χ2v) is 7.43. The van der Waals surface area contributed by atoms with Crippen molar-refractivity contribution in [3.63, 3.8) is 0 Å². The van der Waals surface area contributed by atoms with Gasteiger partial charge in [0, 0.05) is 23.1 Å². The van der Waals surface area contributed by atoms with E-state index in [4.69, 9.17) is 24.0 Å². The third kappa shape index (κ3) is 4.22. The largest absolute Gasteiger partial charge is 0.493 e. The van der Waals surface area contributed by atoms with E-state index in [9.17, 15) is 4.79 Å². The monoisotopic (exact) mass is 446 g/mol. The van der Waals surface area contributed by atoms with Crippen LogP contribution in [0.25, 0.3) is 0 Å². The standard InChI is InChI=1S/C26H26N2O5/c1-30-22-14-13-18(15-24(22)32-3)20-16-21(19-11-8-12-23(31-2)25(19)33-4)28(27-20)26(29)17-9-6-5-7-10-17/h5-15,21H,16H2,1-4H3. The molecule has 0 N–H and O–H groups in total. The number of benzene rings is 3. The van der Waals surface area contributed by atoms with E-state index in [1.807, 2.05) is 54.6 Å². The minimum atomic E-state index is -0.370. The zero-order valence-corrected chi connectivity index (χ0v) is 19.1. The maximum Gasteiger partial charge on any atom is 0.274 e. The van der Waals surface area contributed by atoms with Gasteiger partial charge in [0.05, 0.1) is 40.2 Å². The molecule has 0 aliphatic carbocycles. The number of amides is 1. The smallest absolute Gasteiger partial charge is 0.274 e. The molecule has 0 spiro atoms. The molecule has 1 unspecified atom stereocenters. The first-order valence-corrected chi connectivity index (χ1v) is 10.5. The normalized spacial score (nSPS) is 15.1. The summed E-state index contributed by atoms with van der Waals surface area (Å²) in [7, 11) is 6.37. The van der Waals surface area contributed by atoms with E-state index in [1.54, 1.807) is 40.6 Å². The molecule has 1 aliphatic heterocycles. The second kappa shape index (κ2) is 9.65.